The molecule has 1 aliphatic heterocycles. The predicted octanol–water partition coefficient (Wildman–Crippen LogP) is 2.44. The van der Waals surface area contributed by atoms with Crippen LogP contribution in [-0.2, 0) is 4.74 Å². The first-order chi connectivity index (χ1) is 8.72. The molecule has 0 spiro atoms. The van der Waals surface area contributed by atoms with Crippen molar-refractivity contribution in [3.63, 3.8) is 0 Å². The second kappa shape index (κ2) is 5.76. The highest BCUT2D eigenvalue weighted by molar-refractivity contribution is 5.97. The van der Waals surface area contributed by atoms with Gasteiger partial charge in [-0.2, -0.15) is 0 Å². The molecular weight excluding hydrogens is 228 g/mol. The molecule has 0 bridgehead atoms. The number of ether oxygens (including phenoxy) is 1. The summed E-state index contributed by atoms with van der Waals surface area (Å²) in [5.74, 6) is -0.272. The van der Waals surface area contributed by atoms with Crippen LogP contribution in [-0.4, -0.2) is 25.7 Å². The summed E-state index contributed by atoms with van der Waals surface area (Å²) in [4.78, 5) is 14.3. The van der Waals surface area contributed by atoms with E-state index in [-0.39, 0.29) is 5.97 Å². The number of nitrogen functional groups attached to an aromatic ring is 1. The number of anilines is 2. The lowest BCUT2D eigenvalue weighted by Gasteiger charge is -2.21. The topological polar surface area (TPSA) is 55.6 Å². The summed E-state index contributed by atoms with van der Waals surface area (Å²) in [6.07, 6.45) is 3.18. The Morgan fingerprint density at radius 1 is 1.39 bits per heavy atom. The minimum atomic E-state index is -0.272. The van der Waals surface area contributed by atoms with Gasteiger partial charge in [0.2, 0.25) is 0 Å². The number of carbonyl (C=O) groups is 1. The van der Waals surface area contributed by atoms with Crippen LogP contribution in [0, 0.1) is 0 Å². The summed E-state index contributed by atoms with van der Waals surface area (Å²) in [5.41, 5.74) is 7.90. The van der Waals surface area contributed by atoms with E-state index in [0.29, 0.717) is 17.9 Å². The van der Waals surface area contributed by atoms with Crippen LogP contribution in [0.1, 0.15) is 36.5 Å². The molecule has 18 heavy (non-hydrogen) atoms. The number of esters is 1. The molecule has 1 aromatic rings. The molecule has 98 valence electrons. The van der Waals surface area contributed by atoms with Crippen LogP contribution in [0.15, 0.2) is 18.2 Å². The SMILES string of the molecule is CCCOC(=O)c1cc(N)ccc1N1CCCC1. The van der Waals surface area contributed by atoms with Crippen molar-refractivity contribution in [2.24, 2.45) is 0 Å². The molecule has 1 aliphatic rings. The van der Waals surface area contributed by atoms with Crippen LogP contribution in [0.4, 0.5) is 11.4 Å². The van der Waals surface area contributed by atoms with Crippen molar-refractivity contribution in [2.75, 3.05) is 30.3 Å². The van der Waals surface area contributed by atoms with Crippen LogP contribution in [0.3, 0.4) is 0 Å². The van der Waals surface area contributed by atoms with Crippen molar-refractivity contribution in [1.29, 1.82) is 0 Å². The van der Waals surface area contributed by atoms with Gasteiger partial charge in [-0.15, -0.1) is 0 Å². The summed E-state index contributed by atoms with van der Waals surface area (Å²) in [7, 11) is 0. The highest BCUT2D eigenvalue weighted by Gasteiger charge is 2.20. The number of hydrogen-bond acceptors (Lipinski definition) is 4. The first-order valence-electron chi connectivity index (χ1n) is 6.54. The van der Waals surface area contributed by atoms with Gasteiger partial charge in [-0.05, 0) is 37.5 Å². The average molecular weight is 248 g/mol. The molecule has 0 aromatic heterocycles. The molecule has 1 aromatic carbocycles. The monoisotopic (exact) mass is 248 g/mol. The van der Waals surface area contributed by atoms with Gasteiger partial charge in [0, 0.05) is 18.8 Å². The van der Waals surface area contributed by atoms with Crippen LogP contribution in [0.5, 0.6) is 0 Å². The zero-order chi connectivity index (χ0) is 13.0. The Labute approximate surface area is 108 Å². The van der Waals surface area contributed by atoms with Crippen molar-refractivity contribution in [1.82, 2.24) is 0 Å². The lowest BCUT2D eigenvalue weighted by Crippen LogP contribution is -2.21. The summed E-state index contributed by atoms with van der Waals surface area (Å²) in [6.45, 7) is 4.43. The Morgan fingerprint density at radius 3 is 2.78 bits per heavy atom. The molecule has 1 heterocycles. The Bertz CT molecular complexity index is 426. The summed E-state index contributed by atoms with van der Waals surface area (Å²) >= 11 is 0. The van der Waals surface area contributed by atoms with Gasteiger partial charge >= 0.3 is 5.97 Å². The second-order valence-electron chi connectivity index (χ2n) is 4.61. The largest absolute Gasteiger partial charge is 0.462 e. The second-order valence-corrected chi connectivity index (χ2v) is 4.61. The van der Waals surface area contributed by atoms with Crippen LogP contribution in [0.2, 0.25) is 0 Å². The van der Waals surface area contributed by atoms with Crippen molar-refractivity contribution >= 4 is 17.3 Å². The lowest BCUT2D eigenvalue weighted by atomic mass is 10.1. The molecule has 4 heteroatoms. The first kappa shape index (κ1) is 12.7. The fourth-order valence-electron chi connectivity index (χ4n) is 2.22. The Morgan fingerprint density at radius 2 is 2.11 bits per heavy atom. The molecule has 2 rings (SSSR count). The maximum absolute atomic E-state index is 12.0. The van der Waals surface area contributed by atoms with Gasteiger partial charge in [0.1, 0.15) is 0 Å². The average Bonchev–Trinajstić information content (AvgIpc) is 2.89. The van der Waals surface area contributed by atoms with E-state index in [1.807, 2.05) is 19.1 Å². The fraction of sp³-hybridized carbons (Fsp3) is 0.500. The number of carbonyl (C=O) groups excluding carboxylic acids is 1. The molecule has 1 fully saturated rings. The highest BCUT2D eigenvalue weighted by Crippen LogP contribution is 2.27. The number of nitrogens with two attached hydrogens (primary N) is 1. The minimum Gasteiger partial charge on any atom is -0.462 e. The quantitative estimate of drug-likeness (QED) is 0.657. The maximum Gasteiger partial charge on any atom is 0.340 e. The van der Waals surface area contributed by atoms with Crippen LogP contribution in [0.25, 0.3) is 0 Å². The van der Waals surface area contributed by atoms with E-state index in [1.54, 1.807) is 6.07 Å². The van der Waals surface area contributed by atoms with Crippen LogP contribution >= 0.6 is 0 Å². The minimum absolute atomic E-state index is 0.272. The molecule has 0 atom stereocenters. The Hall–Kier alpha value is -1.71. The molecule has 4 nitrogen and oxygen atoms in total. The van der Waals surface area contributed by atoms with Gasteiger partial charge in [0.25, 0.3) is 0 Å². The van der Waals surface area contributed by atoms with E-state index in [4.69, 9.17) is 10.5 Å². The molecule has 0 amide bonds. The van der Waals surface area contributed by atoms with E-state index < -0.39 is 0 Å². The van der Waals surface area contributed by atoms with Crippen LogP contribution < -0.4 is 10.6 Å². The standard InChI is InChI=1S/C14H20N2O2/c1-2-9-18-14(17)12-10-11(15)5-6-13(12)16-7-3-4-8-16/h5-6,10H,2-4,7-9,15H2,1H3. The predicted molar refractivity (Wildman–Crippen MR) is 72.9 cm³/mol. The van der Waals surface area contributed by atoms with E-state index >= 15 is 0 Å². The number of nitrogens with zero attached hydrogens (tertiary/aromatic N) is 1. The normalized spacial score (nSPS) is 14.8. The fourth-order valence-corrected chi connectivity index (χ4v) is 2.22. The number of hydrogen-bond donors (Lipinski definition) is 1. The van der Waals surface area contributed by atoms with E-state index in [0.717, 1.165) is 25.2 Å². The van der Waals surface area contributed by atoms with E-state index in [9.17, 15) is 4.79 Å². The third-order valence-corrected chi connectivity index (χ3v) is 3.12. The summed E-state index contributed by atoms with van der Waals surface area (Å²) in [5, 5.41) is 0. The number of rotatable bonds is 4. The molecule has 1 saturated heterocycles. The smallest absolute Gasteiger partial charge is 0.340 e. The van der Waals surface area contributed by atoms with Crippen molar-refractivity contribution in [2.45, 2.75) is 26.2 Å². The Kier molecular flexibility index (Phi) is 4.07. The van der Waals surface area contributed by atoms with Crippen molar-refractivity contribution < 1.29 is 9.53 Å². The van der Waals surface area contributed by atoms with Gasteiger partial charge in [-0.1, -0.05) is 6.92 Å². The first-order valence-corrected chi connectivity index (χ1v) is 6.54. The number of benzene rings is 1. The van der Waals surface area contributed by atoms with Gasteiger partial charge < -0.3 is 15.4 Å². The lowest BCUT2D eigenvalue weighted by molar-refractivity contribution is 0.0506. The summed E-state index contributed by atoms with van der Waals surface area (Å²) < 4.78 is 5.21. The Balaban J connectivity index is 2.25. The van der Waals surface area contributed by atoms with E-state index in [2.05, 4.69) is 4.90 Å². The van der Waals surface area contributed by atoms with Crippen molar-refractivity contribution in [3.8, 4) is 0 Å². The zero-order valence-electron chi connectivity index (χ0n) is 10.8. The maximum atomic E-state index is 12.0. The zero-order valence-corrected chi connectivity index (χ0v) is 10.8. The third-order valence-electron chi connectivity index (χ3n) is 3.12. The van der Waals surface area contributed by atoms with E-state index in [1.165, 1.54) is 12.8 Å². The molecular formula is C14H20N2O2. The molecule has 0 aliphatic carbocycles. The van der Waals surface area contributed by atoms with Gasteiger partial charge in [0.15, 0.2) is 0 Å². The van der Waals surface area contributed by atoms with Gasteiger partial charge in [-0.3, -0.25) is 0 Å². The molecule has 2 N–H and O–H groups in total. The molecule has 0 radical (unpaired) electrons. The molecule has 0 unspecified atom stereocenters. The van der Waals surface area contributed by atoms with Gasteiger partial charge in [0.05, 0.1) is 17.9 Å². The summed E-state index contributed by atoms with van der Waals surface area (Å²) in [6, 6.07) is 5.47. The molecule has 0 saturated carbocycles. The van der Waals surface area contributed by atoms with Crippen molar-refractivity contribution in [3.05, 3.63) is 23.8 Å². The highest BCUT2D eigenvalue weighted by atomic mass is 16.5. The third kappa shape index (κ3) is 2.75. The van der Waals surface area contributed by atoms with Gasteiger partial charge in [-0.25, -0.2) is 4.79 Å².